The van der Waals surface area contributed by atoms with Crippen molar-refractivity contribution in [1.29, 1.82) is 0 Å². The number of hydrogen-bond acceptors (Lipinski definition) is 2. The first-order chi connectivity index (χ1) is 25.5. The third-order valence-electron chi connectivity index (χ3n) is 10.6. The Balaban J connectivity index is 1.06. The van der Waals surface area contributed by atoms with E-state index < -0.39 is 15.8 Å². The van der Waals surface area contributed by atoms with E-state index in [0.29, 0.717) is 13.2 Å². The summed E-state index contributed by atoms with van der Waals surface area (Å²) < 4.78 is 12.7. The first kappa shape index (κ1) is 37.5. The molecule has 0 spiro atoms. The second kappa shape index (κ2) is 18.0. The molecule has 2 fully saturated rings. The van der Waals surface area contributed by atoms with E-state index in [1.54, 1.807) is 5.30 Å². The Hall–Kier alpha value is -2.84. The standard InChI is InChI=1S/C46H52O2P4/c1-35-25-26-36(2)49(35)31-32-50(41-17-7-5-8-18-41)43-21-13-15-39(33-43)47-29-30-48-40-16-14-22-44(34-40)52(42-19-9-6-10-20-42)46-24-12-11-23-45(46)51-37(3)27-28-38(51)4/h5-24,31-38H,25-30H2,1-4H3/t35-,36-,37+,38+,50?,52?/m0/s1. The fourth-order valence-corrected chi connectivity index (χ4v) is 19.3. The van der Waals surface area contributed by atoms with E-state index in [9.17, 15) is 0 Å². The third kappa shape index (κ3) is 8.92. The molecule has 6 atom stereocenters. The lowest BCUT2D eigenvalue weighted by Gasteiger charge is -2.29. The monoisotopic (exact) mass is 760 g/mol. The topological polar surface area (TPSA) is 18.5 Å². The van der Waals surface area contributed by atoms with E-state index in [1.807, 2.05) is 0 Å². The van der Waals surface area contributed by atoms with Gasteiger partial charge in [-0.05, 0) is 120 Å². The second-order valence-electron chi connectivity index (χ2n) is 14.3. The molecule has 2 aliphatic heterocycles. The van der Waals surface area contributed by atoms with Crippen molar-refractivity contribution < 1.29 is 9.47 Å². The molecule has 0 aromatic heterocycles. The number of rotatable bonds is 13. The maximum Gasteiger partial charge on any atom is 0.122 e. The van der Waals surface area contributed by atoms with Crippen molar-refractivity contribution in [1.82, 2.24) is 0 Å². The van der Waals surface area contributed by atoms with Gasteiger partial charge in [-0.25, -0.2) is 0 Å². The lowest BCUT2D eigenvalue weighted by atomic mass is 10.2. The van der Waals surface area contributed by atoms with Crippen LogP contribution in [0.1, 0.15) is 53.4 Å². The lowest BCUT2D eigenvalue weighted by molar-refractivity contribution is 0.217. The molecule has 2 heterocycles. The van der Waals surface area contributed by atoms with Crippen LogP contribution >= 0.6 is 31.7 Å². The minimum Gasteiger partial charge on any atom is -0.490 e. The molecule has 0 saturated carbocycles. The second-order valence-corrected chi connectivity index (χ2v) is 24.5. The molecular formula is C46H52O2P4. The lowest BCUT2D eigenvalue weighted by Crippen LogP contribution is -2.32. The van der Waals surface area contributed by atoms with Crippen molar-refractivity contribution in [3.63, 3.8) is 0 Å². The van der Waals surface area contributed by atoms with Gasteiger partial charge < -0.3 is 9.47 Å². The Bertz CT molecular complexity index is 1890. The Labute approximate surface area is 317 Å². The van der Waals surface area contributed by atoms with Crippen molar-refractivity contribution in [2.45, 2.75) is 76.0 Å². The van der Waals surface area contributed by atoms with Crippen LogP contribution in [0.2, 0.25) is 0 Å². The highest BCUT2D eigenvalue weighted by molar-refractivity contribution is 7.82. The molecule has 5 aromatic rings. The molecule has 7 rings (SSSR count). The van der Waals surface area contributed by atoms with E-state index in [0.717, 1.165) is 34.1 Å². The van der Waals surface area contributed by atoms with Crippen LogP contribution in [-0.4, -0.2) is 35.8 Å². The van der Waals surface area contributed by atoms with E-state index in [4.69, 9.17) is 9.47 Å². The minimum absolute atomic E-state index is 0.0738. The molecule has 0 radical (unpaired) electrons. The van der Waals surface area contributed by atoms with Crippen molar-refractivity contribution in [2.75, 3.05) is 13.2 Å². The molecule has 5 aromatic carbocycles. The van der Waals surface area contributed by atoms with E-state index in [-0.39, 0.29) is 15.8 Å². The molecule has 0 amide bonds. The average Bonchev–Trinajstić information content (AvgIpc) is 3.69. The zero-order valence-electron chi connectivity index (χ0n) is 31.0. The fraction of sp³-hybridized carbons (Fsp3) is 0.304. The van der Waals surface area contributed by atoms with Crippen molar-refractivity contribution >= 4 is 63.5 Å². The highest BCUT2D eigenvalue weighted by Crippen LogP contribution is 2.58. The summed E-state index contributed by atoms with van der Waals surface area (Å²) in [5, 5.41) is 8.54. The van der Waals surface area contributed by atoms with Gasteiger partial charge in [0.2, 0.25) is 0 Å². The van der Waals surface area contributed by atoms with Crippen LogP contribution in [0.25, 0.3) is 0 Å². The minimum atomic E-state index is -0.731. The van der Waals surface area contributed by atoms with Gasteiger partial charge in [0.25, 0.3) is 0 Å². The molecule has 268 valence electrons. The van der Waals surface area contributed by atoms with Gasteiger partial charge in [0.15, 0.2) is 0 Å². The summed E-state index contributed by atoms with van der Waals surface area (Å²) in [6, 6.07) is 49.0. The Kier molecular flexibility index (Phi) is 13.0. The van der Waals surface area contributed by atoms with Crippen LogP contribution in [0.3, 0.4) is 0 Å². The summed E-state index contributed by atoms with van der Waals surface area (Å²) in [7, 11) is -1.61. The highest BCUT2D eigenvalue weighted by Gasteiger charge is 2.34. The van der Waals surface area contributed by atoms with Crippen LogP contribution in [-0.2, 0) is 0 Å². The van der Waals surface area contributed by atoms with Gasteiger partial charge in [0.05, 0.1) is 0 Å². The Morgan fingerprint density at radius 2 is 1.04 bits per heavy atom. The zero-order chi connectivity index (χ0) is 35.9. The van der Waals surface area contributed by atoms with Crippen LogP contribution in [0.15, 0.2) is 145 Å². The first-order valence-electron chi connectivity index (χ1n) is 18.9. The SMILES string of the molecule is C[C@@H]1CC[C@@H](C)P1c1ccccc1P(c1ccccc1)c1cccc(OCCOc2cccc(P(C=CP3[C@@H](C)CC[C@@H]3C)c3ccccc3)c2)c1. The van der Waals surface area contributed by atoms with E-state index >= 15 is 0 Å². The highest BCUT2D eigenvalue weighted by atomic mass is 31.1. The predicted octanol–water partition coefficient (Wildman–Crippen LogP) is 10.5. The van der Waals surface area contributed by atoms with Crippen molar-refractivity contribution in [3.8, 4) is 11.5 Å². The quantitative estimate of drug-likeness (QED) is 0.0879. The Morgan fingerprint density at radius 1 is 0.538 bits per heavy atom. The van der Waals surface area contributed by atoms with E-state index in [1.165, 1.54) is 52.2 Å². The first-order valence-corrected chi connectivity index (χ1v) is 24.7. The Morgan fingerprint density at radius 3 is 1.67 bits per heavy atom. The van der Waals surface area contributed by atoms with Crippen molar-refractivity contribution in [2.24, 2.45) is 0 Å². The van der Waals surface area contributed by atoms with Gasteiger partial charge in [0.1, 0.15) is 24.7 Å². The number of ether oxygens (including phenoxy) is 2. The summed E-state index contributed by atoms with van der Waals surface area (Å²) in [4.78, 5) is 0. The average molecular weight is 761 g/mol. The predicted molar refractivity (Wildman–Crippen MR) is 234 cm³/mol. The van der Waals surface area contributed by atoms with Crippen LogP contribution in [0, 0.1) is 0 Å². The van der Waals surface area contributed by atoms with E-state index in [2.05, 4.69) is 173 Å². The largest absolute Gasteiger partial charge is 0.490 e. The molecule has 0 aliphatic carbocycles. The molecule has 6 heteroatoms. The van der Waals surface area contributed by atoms with Gasteiger partial charge in [0, 0.05) is 0 Å². The molecule has 0 N–H and O–H groups in total. The van der Waals surface area contributed by atoms with Crippen LogP contribution in [0.4, 0.5) is 0 Å². The van der Waals surface area contributed by atoms with Gasteiger partial charge >= 0.3 is 0 Å². The van der Waals surface area contributed by atoms with Crippen molar-refractivity contribution in [3.05, 3.63) is 145 Å². The maximum absolute atomic E-state index is 6.40. The molecular weight excluding hydrogens is 708 g/mol. The smallest absolute Gasteiger partial charge is 0.122 e. The molecule has 2 saturated heterocycles. The summed E-state index contributed by atoms with van der Waals surface area (Å²) in [5.41, 5.74) is 3.16. The molecule has 2 nitrogen and oxygen atoms in total. The molecule has 0 bridgehead atoms. The summed E-state index contributed by atoms with van der Waals surface area (Å²) >= 11 is 0. The molecule has 2 aliphatic rings. The van der Waals surface area contributed by atoms with Crippen LogP contribution in [0.5, 0.6) is 11.5 Å². The molecule has 2 unspecified atom stereocenters. The summed E-state index contributed by atoms with van der Waals surface area (Å²) in [6.07, 6.45) is 5.40. The third-order valence-corrected chi connectivity index (χ3v) is 22.0. The maximum atomic E-state index is 6.40. The number of benzene rings is 5. The van der Waals surface area contributed by atoms with Gasteiger partial charge in [-0.1, -0.05) is 164 Å². The van der Waals surface area contributed by atoms with Crippen LogP contribution < -0.4 is 41.3 Å². The number of hydrogen-bond donors (Lipinski definition) is 0. The normalized spacial score (nSPS) is 22.1. The fourth-order valence-electron chi connectivity index (χ4n) is 7.86. The van der Waals surface area contributed by atoms with Gasteiger partial charge in [-0.15, -0.1) is 0 Å². The summed E-state index contributed by atoms with van der Waals surface area (Å²) in [5.74, 6) is 6.92. The molecule has 52 heavy (non-hydrogen) atoms. The zero-order valence-corrected chi connectivity index (χ0v) is 34.6. The van der Waals surface area contributed by atoms with Gasteiger partial charge in [-0.2, -0.15) is 0 Å². The van der Waals surface area contributed by atoms with Gasteiger partial charge in [-0.3, -0.25) is 0 Å². The summed E-state index contributed by atoms with van der Waals surface area (Å²) in [6.45, 7) is 10.8.